The first kappa shape index (κ1) is 32.2. The second kappa shape index (κ2) is 16.1. The number of hydrogen-bond donors (Lipinski definition) is 8. The van der Waals surface area contributed by atoms with Crippen LogP contribution in [0.25, 0.3) is 0 Å². The van der Waals surface area contributed by atoms with Gasteiger partial charge in [-0.2, -0.15) is 11.8 Å². The first-order valence-corrected chi connectivity index (χ1v) is 12.9. The number of carboxylic acid groups (broad SMARTS) is 2. The molecule has 0 radical (unpaired) electrons. The molecule has 0 aromatic heterocycles. The van der Waals surface area contributed by atoms with Gasteiger partial charge in [0.2, 0.25) is 23.6 Å². The molecule has 4 amide bonds. The number of primary amides is 1. The van der Waals surface area contributed by atoms with Gasteiger partial charge in [0.15, 0.2) is 0 Å². The molecule has 0 saturated heterocycles. The van der Waals surface area contributed by atoms with E-state index in [1.54, 1.807) is 0 Å². The summed E-state index contributed by atoms with van der Waals surface area (Å²) in [7, 11) is 0. The van der Waals surface area contributed by atoms with Gasteiger partial charge >= 0.3 is 11.9 Å². The Morgan fingerprint density at radius 3 is 1.95 bits per heavy atom. The number of hydrogen-bond acceptors (Lipinski definition) is 9. The predicted molar refractivity (Wildman–Crippen MR) is 137 cm³/mol. The summed E-state index contributed by atoms with van der Waals surface area (Å²) in [6, 6.07) is 0.400. The van der Waals surface area contributed by atoms with Crippen LogP contribution < -0.4 is 27.4 Å². The van der Waals surface area contributed by atoms with Crippen LogP contribution in [-0.4, -0.2) is 87.1 Å². The largest absolute Gasteiger partial charge is 0.508 e. The van der Waals surface area contributed by atoms with Crippen LogP contribution in [0.15, 0.2) is 24.3 Å². The fraction of sp³-hybridized carbons (Fsp3) is 0.478. The third kappa shape index (κ3) is 11.9. The maximum absolute atomic E-state index is 13.2. The molecule has 0 saturated carbocycles. The van der Waals surface area contributed by atoms with Crippen LogP contribution in [0.5, 0.6) is 5.75 Å². The van der Waals surface area contributed by atoms with E-state index in [0.717, 1.165) is 0 Å². The van der Waals surface area contributed by atoms with Gasteiger partial charge in [0.1, 0.15) is 23.9 Å². The minimum atomic E-state index is -1.70. The van der Waals surface area contributed by atoms with Gasteiger partial charge in [0, 0.05) is 12.8 Å². The summed E-state index contributed by atoms with van der Waals surface area (Å²) in [6.45, 7) is 0. The minimum absolute atomic E-state index is 0.0211. The SMILES string of the molecule is CSCCC(N)C(=O)NC(Cc1ccc(O)cc1)C(=O)NC(CCC(=O)O)C(=O)NC(CC(N)=O)C(=O)O. The first-order chi connectivity index (χ1) is 17.8. The number of carbonyl (C=O) groups excluding carboxylic acids is 4. The summed E-state index contributed by atoms with van der Waals surface area (Å²) >= 11 is 1.48. The maximum Gasteiger partial charge on any atom is 0.326 e. The van der Waals surface area contributed by atoms with Crippen LogP contribution in [0.1, 0.15) is 31.2 Å². The van der Waals surface area contributed by atoms with E-state index in [0.29, 0.717) is 17.7 Å². The monoisotopic (exact) mass is 555 g/mol. The highest BCUT2D eigenvalue weighted by atomic mass is 32.2. The third-order valence-electron chi connectivity index (χ3n) is 5.28. The Hall–Kier alpha value is -3.85. The highest BCUT2D eigenvalue weighted by Crippen LogP contribution is 2.12. The van der Waals surface area contributed by atoms with Crippen LogP contribution in [0.3, 0.4) is 0 Å². The zero-order valence-electron chi connectivity index (χ0n) is 20.7. The van der Waals surface area contributed by atoms with Gasteiger partial charge in [-0.05, 0) is 42.5 Å². The summed E-state index contributed by atoms with van der Waals surface area (Å²) in [4.78, 5) is 72.3. The number of phenolic OH excluding ortho intramolecular Hbond substituents is 1. The second-order valence-corrected chi connectivity index (χ2v) is 9.37. The van der Waals surface area contributed by atoms with Gasteiger partial charge in [0.05, 0.1) is 12.5 Å². The van der Waals surface area contributed by atoms with E-state index in [4.69, 9.17) is 16.6 Å². The Bertz CT molecular complexity index is 1010. The molecule has 4 unspecified atom stereocenters. The van der Waals surface area contributed by atoms with Crippen molar-refractivity contribution in [3.63, 3.8) is 0 Å². The molecule has 14 nitrogen and oxygen atoms in total. The molecule has 0 bridgehead atoms. The molecule has 0 fully saturated rings. The molecule has 0 aliphatic heterocycles. The minimum Gasteiger partial charge on any atom is -0.508 e. The Kier molecular flexibility index (Phi) is 13.6. The number of benzene rings is 1. The molecule has 0 aliphatic rings. The molecule has 1 rings (SSSR count). The normalized spacial score (nSPS) is 13.8. The number of aliphatic carboxylic acids is 2. The van der Waals surface area contributed by atoms with Gasteiger partial charge in [-0.15, -0.1) is 0 Å². The lowest BCUT2D eigenvalue weighted by Crippen LogP contribution is -2.58. The molecular weight excluding hydrogens is 522 g/mol. The molecule has 0 heterocycles. The van der Waals surface area contributed by atoms with Crippen molar-refractivity contribution in [1.82, 2.24) is 16.0 Å². The fourth-order valence-electron chi connectivity index (χ4n) is 3.21. The zero-order chi connectivity index (χ0) is 28.8. The van der Waals surface area contributed by atoms with Crippen molar-refractivity contribution >= 4 is 47.3 Å². The fourth-order valence-corrected chi connectivity index (χ4v) is 3.70. The summed E-state index contributed by atoms with van der Waals surface area (Å²) in [5, 5.41) is 34.8. The Morgan fingerprint density at radius 2 is 1.42 bits per heavy atom. The van der Waals surface area contributed by atoms with E-state index in [1.807, 2.05) is 6.26 Å². The number of carboxylic acids is 2. The van der Waals surface area contributed by atoms with Crippen molar-refractivity contribution in [1.29, 1.82) is 0 Å². The highest BCUT2D eigenvalue weighted by Gasteiger charge is 2.31. The number of carbonyl (C=O) groups is 6. The van der Waals surface area contributed by atoms with E-state index in [1.165, 1.54) is 36.0 Å². The van der Waals surface area contributed by atoms with Crippen molar-refractivity contribution in [3.05, 3.63) is 29.8 Å². The van der Waals surface area contributed by atoms with Gasteiger partial charge in [-0.1, -0.05) is 12.1 Å². The van der Waals surface area contributed by atoms with E-state index in [2.05, 4.69) is 16.0 Å². The van der Waals surface area contributed by atoms with E-state index in [9.17, 15) is 39.0 Å². The Morgan fingerprint density at radius 1 is 0.868 bits per heavy atom. The average Bonchev–Trinajstić information content (AvgIpc) is 2.84. The number of nitrogens with one attached hydrogen (secondary N) is 3. The third-order valence-corrected chi connectivity index (χ3v) is 5.92. The summed E-state index contributed by atoms with van der Waals surface area (Å²) in [5.41, 5.74) is 11.5. The van der Waals surface area contributed by atoms with Gasteiger partial charge in [0.25, 0.3) is 0 Å². The number of amides is 4. The highest BCUT2D eigenvalue weighted by molar-refractivity contribution is 7.98. The van der Waals surface area contributed by atoms with E-state index < -0.39 is 79.0 Å². The molecule has 38 heavy (non-hydrogen) atoms. The van der Waals surface area contributed by atoms with Gasteiger partial charge in [-0.3, -0.25) is 24.0 Å². The molecule has 1 aromatic rings. The first-order valence-electron chi connectivity index (χ1n) is 11.5. The van der Waals surface area contributed by atoms with Crippen LogP contribution >= 0.6 is 11.8 Å². The summed E-state index contributed by atoms with van der Waals surface area (Å²) in [6.07, 6.45) is 0.407. The molecule has 10 N–H and O–H groups in total. The number of nitrogens with two attached hydrogens (primary N) is 2. The van der Waals surface area contributed by atoms with E-state index >= 15 is 0 Å². The number of rotatable bonds is 17. The van der Waals surface area contributed by atoms with Crippen LogP contribution in [0, 0.1) is 0 Å². The molecule has 15 heteroatoms. The van der Waals surface area contributed by atoms with Gasteiger partial charge in [-0.25, -0.2) is 4.79 Å². The quantitative estimate of drug-likeness (QED) is 0.107. The second-order valence-electron chi connectivity index (χ2n) is 8.38. The van der Waals surface area contributed by atoms with Crippen molar-refractivity contribution < 1.29 is 44.1 Å². The topological polar surface area (TPSA) is 251 Å². The molecule has 4 atom stereocenters. The van der Waals surface area contributed by atoms with Crippen molar-refractivity contribution in [2.75, 3.05) is 12.0 Å². The van der Waals surface area contributed by atoms with Crippen molar-refractivity contribution in [2.24, 2.45) is 11.5 Å². The molecule has 0 aliphatic carbocycles. The number of phenols is 1. The number of thioether (sulfide) groups is 1. The maximum atomic E-state index is 13.2. The molecule has 210 valence electrons. The Balaban J connectivity index is 3.16. The average molecular weight is 556 g/mol. The number of aromatic hydroxyl groups is 1. The smallest absolute Gasteiger partial charge is 0.326 e. The lowest BCUT2D eigenvalue weighted by atomic mass is 10.0. The van der Waals surface area contributed by atoms with Crippen molar-refractivity contribution in [2.45, 2.75) is 56.3 Å². The molecule has 0 spiro atoms. The van der Waals surface area contributed by atoms with Gasteiger partial charge < -0.3 is 42.7 Å². The van der Waals surface area contributed by atoms with Crippen LogP contribution in [0.2, 0.25) is 0 Å². The van der Waals surface area contributed by atoms with Crippen LogP contribution in [-0.2, 0) is 35.2 Å². The Labute approximate surface area is 222 Å². The van der Waals surface area contributed by atoms with Crippen molar-refractivity contribution in [3.8, 4) is 5.75 Å². The molecule has 1 aromatic carbocycles. The zero-order valence-corrected chi connectivity index (χ0v) is 21.5. The van der Waals surface area contributed by atoms with Crippen LogP contribution in [0.4, 0.5) is 0 Å². The lowest BCUT2D eigenvalue weighted by molar-refractivity contribution is -0.144. The standard InChI is InChI=1S/C23H33N5O9S/c1-38-9-8-14(24)20(33)27-16(10-12-2-4-13(29)5-3-12)22(35)26-15(6-7-19(31)32)21(34)28-17(23(36)37)11-18(25)30/h2-5,14-17,29H,6-11,24H2,1H3,(H2,25,30)(H,26,35)(H,27,33)(H,28,34)(H,31,32)(H,36,37). The molecular formula is C23H33N5O9S. The van der Waals surface area contributed by atoms with E-state index in [-0.39, 0.29) is 12.2 Å². The lowest BCUT2D eigenvalue weighted by Gasteiger charge is -2.25. The summed E-state index contributed by atoms with van der Waals surface area (Å²) in [5.74, 6) is -5.82. The predicted octanol–water partition coefficient (Wildman–Crippen LogP) is -1.71. The summed E-state index contributed by atoms with van der Waals surface area (Å²) < 4.78 is 0.